The van der Waals surface area contributed by atoms with E-state index in [0.717, 1.165) is 0 Å². The van der Waals surface area contributed by atoms with Crippen molar-refractivity contribution in [2.45, 2.75) is 0 Å². The Morgan fingerprint density at radius 3 is 2.70 bits per heavy atom. The fourth-order valence-corrected chi connectivity index (χ4v) is 0.720. The monoisotopic (exact) mass is 137 g/mol. The number of primary amides is 1. The molecule has 1 rings (SSSR count). The summed E-state index contributed by atoms with van der Waals surface area (Å²) in [5, 5.41) is 0. The van der Waals surface area contributed by atoms with Crippen LogP contribution in [0.5, 0.6) is 0 Å². The molecule has 2 N–H and O–H groups in total. The van der Waals surface area contributed by atoms with E-state index in [2.05, 4.69) is 0 Å². The molecule has 0 fully saturated rings. The number of hydrogen-bond donors (Lipinski definition) is 1. The minimum atomic E-state index is -0.323. The first-order chi connectivity index (χ1) is 4.79. The van der Waals surface area contributed by atoms with Crippen LogP contribution in [0.4, 0.5) is 0 Å². The van der Waals surface area contributed by atoms with E-state index in [1.54, 1.807) is 17.6 Å². The Morgan fingerprint density at radius 1 is 1.40 bits per heavy atom. The summed E-state index contributed by atoms with van der Waals surface area (Å²) >= 11 is 0. The van der Waals surface area contributed by atoms with E-state index >= 15 is 0 Å². The average Bonchev–Trinajstić information content (AvgIpc) is 1.88. The third-order valence-electron chi connectivity index (χ3n) is 1.12. The molecule has 0 aromatic heterocycles. The Balaban J connectivity index is 2.37. The van der Waals surface area contributed by atoms with E-state index in [1.807, 2.05) is 18.2 Å². The fraction of sp³-hybridized carbons (Fsp3) is 0.143. The second kappa shape index (κ2) is 3.06. The highest BCUT2D eigenvalue weighted by Gasteiger charge is 2.02. The molecule has 0 bridgehead atoms. The van der Waals surface area contributed by atoms with Crippen molar-refractivity contribution in [3.8, 4) is 0 Å². The van der Waals surface area contributed by atoms with Gasteiger partial charge in [0, 0.05) is 6.20 Å². The number of carbonyl (C=O) groups is 1. The Bertz CT molecular complexity index is 184. The predicted octanol–water partition coefficient (Wildman–Crippen LogP) is 0.0190. The lowest BCUT2D eigenvalue weighted by Gasteiger charge is -2.16. The number of amides is 1. The van der Waals surface area contributed by atoms with E-state index in [4.69, 9.17) is 5.73 Å². The van der Waals surface area contributed by atoms with E-state index in [9.17, 15) is 4.79 Å². The predicted molar refractivity (Wildman–Crippen MR) is 38.5 cm³/mol. The summed E-state index contributed by atoms with van der Waals surface area (Å²) in [5.41, 5.74) is 4.96. The van der Waals surface area contributed by atoms with Gasteiger partial charge >= 0.3 is 0 Å². The second-order valence-electron chi connectivity index (χ2n) is 2.01. The fourth-order valence-electron chi connectivity index (χ4n) is 0.720. The van der Waals surface area contributed by atoms with Gasteiger partial charge in [-0.15, -0.1) is 0 Å². The third-order valence-corrected chi connectivity index (χ3v) is 1.12. The zero-order valence-corrected chi connectivity index (χ0v) is 5.53. The summed E-state index contributed by atoms with van der Waals surface area (Å²) in [6, 6.07) is 0. The molecule has 3 heteroatoms. The van der Waals surface area contributed by atoms with Gasteiger partial charge in [-0.05, 0) is 6.08 Å². The molecule has 10 heavy (non-hydrogen) atoms. The lowest BCUT2D eigenvalue weighted by atomic mass is 10.3. The molecule has 0 saturated carbocycles. The van der Waals surface area contributed by atoms with E-state index in [-0.39, 0.29) is 12.5 Å². The number of rotatable bonds is 2. The number of nitrogens with two attached hydrogens (primary N) is 1. The lowest BCUT2D eigenvalue weighted by Crippen LogP contribution is -2.28. The van der Waals surface area contributed by atoms with Gasteiger partial charge in [-0.3, -0.25) is 4.79 Å². The maximum atomic E-state index is 10.4. The topological polar surface area (TPSA) is 46.3 Å². The maximum Gasteiger partial charge on any atom is 0.236 e. The highest BCUT2D eigenvalue weighted by molar-refractivity contribution is 5.76. The number of carbonyl (C=O) groups excluding carboxylic acids is 1. The standard InChI is InChI=1S/C7H9N2O/c8-7(10)6-9-4-2-1-3-5-9/h1-5H,6H2,(H2,8,10). The maximum absolute atomic E-state index is 10.4. The molecular weight excluding hydrogens is 128 g/mol. The summed E-state index contributed by atoms with van der Waals surface area (Å²) in [5.74, 6) is -0.323. The summed E-state index contributed by atoms with van der Waals surface area (Å²) in [6.07, 6.45) is 7.38. The van der Waals surface area contributed by atoms with Crippen LogP contribution < -0.4 is 5.73 Å². The number of nitrogens with zero attached hydrogens (tertiary/aromatic N) is 1. The molecule has 1 heterocycles. The molecule has 0 aromatic carbocycles. The number of allylic oxidation sites excluding steroid dienone is 2. The first kappa shape index (κ1) is 6.86. The summed E-state index contributed by atoms with van der Waals surface area (Å²) in [7, 11) is 0. The first-order valence-electron chi connectivity index (χ1n) is 3.01. The van der Waals surface area contributed by atoms with Crippen LogP contribution in [0.1, 0.15) is 0 Å². The first-order valence-corrected chi connectivity index (χ1v) is 3.01. The Morgan fingerprint density at radius 2 is 2.20 bits per heavy atom. The SMILES string of the molecule is NC(=O)CN1[CH]C=CC=C1. The molecule has 0 aromatic rings. The zero-order chi connectivity index (χ0) is 7.40. The van der Waals surface area contributed by atoms with Crippen LogP contribution in [0.15, 0.2) is 24.4 Å². The largest absolute Gasteiger partial charge is 0.368 e. The Labute approximate surface area is 59.8 Å². The third kappa shape index (κ3) is 1.93. The smallest absolute Gasteiger partial charge is 0.236 e. The van der Waals surface area contributed by atoms with E-state index < -0.39 is 0 Å². The van der Waals surface area contributed by atoms with Crippen LogP contribution in [0.2, 0.25) is 0 Å². The van der Waals surface area contributed by atoms with Gasteiger partial charge in [0.2, 0.25) is 5.91 Å². The highest BCUT2D eigenvalue weighted by atomic mass is 16.1. The summed E-state index contributed by atoms with van der Waals surface area (Å²) in [6.45, 7) is 2.05. The summed E-state index contributed by atoms with van der Waals surface area (Å²) in [4.78, 5) is 12.1. The van der Waals surface area contributed by atoms with Crippen molar-refractivity contribution in [3.05, 3.63) is 31.0 Å². The molecule has 0 saturated heterocycles. The lowest BCUT2D eigenvalue weighted by molar-refractivity contribution is -0.118. The van der Waals surface area contributed by atoms with Crippen LogP contribution in [0, 0.1) is 6.54 Å². The number of hydrogen-bond acceptors (Lipinski definition) is 2. The van der Waals surface area contributed by atoms with Gasteiger partial charge in [0.25, 0.3) is 0 Å². The van der Waals surface area contributed by atoms with Gasteiger partial charge in [-0.25, -0.2) is 0 Å². The van der Waals surface area contributed by atoms with Crippen molar-refractivity contribution in [3.63, 3.8) is 0 Å². The van der Waals surface area contributed by atoms with Crippen molar-refractivity contribution in [2.24, 2.45) is 5.73 Å². The molecular formula is C7H9N2O. The molecule has 0 spiro atoms. The molecule has 0 atom stereocenters. The normalized spacial score (nSPS) is 15.8. The Kier molecular flexibility index (Phi) is 2.10. The van der Waals surface area contributed by atoms with Crippen LogP contribution in [-0.2, 0) is 4.79 Å². The molecule has 1 aliphatic heterocycles. The van der Waals surface area contributed by atoms with Gasteiger partial charge in [0.05, 0.1) is 13.1 Å². The minimum absolute atomic E-state index is 0.251. The van der Waals surface area contributed by atoms with Gasteiger partial charge in [0.1, 0.15) is 0 Å². The van der Waals surface area contributed by atoms with Crippen LogP contribution >= 0.6 is 0 Å². The van der Waals surface area contributed by atoms with E-state index in [0.29, 0.717) is 0 Å². The van der Waals surface area contributed by atoms with Crippen molar-refractivity contribution in [2.75, 3.05) is 6.54 Å². The summed E-state index contributed by atoms with van der Waals surface area (Å²) < 4.78 is 0. The molecule has 3 nitrogen and oxygen atoms in total. The molecule has 0 aliphatic carbocycles. The molecule has 0 unspecified atom stereocenters. The van der Waals surface area contributed by atoms with Gasteiger partial charge in [-0.1, -0.05) is 12.2 Å². The quantitative estimate of drug-likeness (QED) is 0.583. The van der Waals surface area contributed by atoms with Gasteiger partial charge < -0.3 is 10.6 Å². The molecule has 1 amide bonds. The minimum Gasteiger partial charge on any atom is -0.368 e. The second-order valence-corrected chi connectivity index (χ2v) is 2.01. The van der Waals surface area contributed by atoms with Gasteiger partial charge in [0.15, 0.2) is 0 Å². The van der Waals surface area contributed by atoms with Crippen molar-refractivity contribution < 1.29 is 4.79 Å². The Hall–Kier alpha value is -1.25. The van der Waals surface area contributed by atoms with Crippen LogP contribution in [-0.4, -0.2) is 17.4 Å². The zero-order valence-electron chi connectivity index (χ0n) is 5.53. The molecule has 1 aliphatic rings. The van der Waals surface area contributed by atoms with Crippen LogP contribution in [0.25, 0.3) is 0 Å². The van der Waals surface area contributed by atoms with Crippen molar-refractivity contribution in [1.82, 2.24) is 4.90 Å². The average molecular weight is 137 g/mol. The van der Waals surface area contributed by atoms with Gasteiger partial charge in [-0.2, -0.15) is 0 Å². The molecule has 1 radical (unpaired) electrons. The van der Waals surface area contributed by atoms with E-state index in [1.165, 1.54) is 0 Å². The molecule has 53 valence electrons. The van der Waals surface area contributed by atoms with Crippen LogP contribution in [0.3, 0.4) is 0 Å². The van der Waals surface area contributed by atoms with Crippen molar-refractivity contribution in [1.29, 1.82) is 0 Å². The highest BCUT2D eigenvalue weighted by Crippen LogP contribution is 2.00. The van der Waals surface area contributed by atoms with Crippen molar-refractivity contribution >= 4 is 5.91 Å².